The van der Waals surface area contributed by atoms with E-state index in [9.17, 15) is 15.0 Å². The van der Waals surface area contributed by atoms with E-state index in [1.54, 1.807) is 12.1 Å². The molecule has 1 fully saturated rings. The summed E-state index contributed by atoms with van der Waals surface area (Å²) in [5.41, 5.74) is -0.607. The lowest BCUT2D eigenvalue weighted by atomic mass is 9.55. The minimum Gasteiger partial charge on any atom is -0.504 e. The SMILES string of the molecule is COc1ccc(C)c(C23CCN(C)C(C)C2(O)C=CC(=O)C3)c1O. The van der Waals surface area contributed by atoms with Gasteiger partial charge in [-0.05, 0) is 57.6 Å². The Morgan fingerprint density at radius 2 is 2.08 bits per heavy atom. The molecule has 0 saturated carbocycles. The zero-order valence-electron chi connectivity index (χ0n) is 14.7. The zero-order chi connectivity index (χ0) is 17.7. The normalized spacial score (nSPS) is 33.4. The van der Waals surface area contributed by atoms with Gasteiger partial charge in [-0.1, -0.05) is 6.07 Å². The standard InChI is InChI=1S/C19H25NO4/c1-12-5-6-15(24-4)17(22)16(12)18-9-10-20(3)13(2)19(18,23)8-7-14(21)11-18/h5-8,13,22-23H,9-11H2,1-4H3. The van der Waals surface area contributed by atoms with Gasteiger partial charge >= 0.3 is 0 Å². The van der Waals surface area contributed by atoms with Crippen molar-refractivity contribution in [2.45, 2.75) is 43.7 Å². The molecule has 0 spiro atoms. The number of aliphatic hydroxyl groups is 1. The van der Waals surface area contributed by atoms with Crippen LogP contribution in [-0.2, 0) is 10.2 Å². The van der Waals surface area contributed by atoms with Gasteiger partial charge in [0.05, 0.1) is 7.11 Å². The van der Waals surface area contributed by atoms with Crippen LogP contribution in [0.2, 0.25) is 0 Å². The summed E-state index contributed by atoms with van der Waals surface area (Å²) in [6.45, 7) is 4.59. The van der Waals surface area contributed by atoms with Crippen LogP contribution in [0.5, 0.6) is 11.5 Å². The molecule has 1 heterocycles. The molecule has 0 bridgehead atoms. The molecule has 3 atom stereocenters. The number of benzene rings is 1. The average molecular weight is 331 g/mol. The van der Waals surface area contributed by atoms with Gasteiger partial charge in [0.1, 0.15) is 5.60 Å². The Kier molecular flexibility index (Phi) is 3.97. The molecule has 24 heavy (non-hydrogen) atoms. The Bertz CT molecular complexity index is 714. The first-order chi connectivity index (χ1) is 11.3. The van der Waals surface area contributed by atoms with E-state index in [1.807, 2.05) is 27.0 Å². The van der Waals surface area contributed by atoms with Gasteiger partial charge in [-0.15, -0.1) is 0 Å². The first kappa shape index (κ1) is 17.0. The number of piperidine rings is 1. The van der Waals surface area contributed by atoms with E-state index in [0.29, 0.717) is 17.7 Å². The van der Waals surface area contributed by atoms with Gasteiger partial charge in [0.15, 0.2) is 17.3 Å². The van der Waals surface area contributed by atoms with Crippen molar-refractivity contribution in [3.63, 3.8) is 0 Å². The first-order valence-corrected chi connectivity index (χ1v) is 8.28. The number of phenols is 1. The van der Waals surface area contributed by atoms with Crippen molar-refractivity contribution in [3.05, 3.63) is 35.4 Å². The second kappa shape index (κ2) is 5.60. The van der Waals surface area contributed by atoms with E-state index in [0.717, 1.165) is 12.1 Å². The summed E-state index contributed by atoms with van der Waals surface area (Å²) in [7, 11) is 3.47. The molecule has 0 aromatic heterocycles. The van der Waals surface area contributed by atoms with Crippen molar-refractivity contribution in [1.29, 1.82) is 0 Å². The number of aryl methyl sites for hydroxylation is 1. The fourth-order valence-electron chi connectivity index (χ4n) is 4.46. The Morgan fingerprint density at radius 3 is 2.75 bits per heavy atom. The van der Waals surface area contributed by atoms with Crippen LogP contribution in [0.1, 0.15) is 30.9 Å². The van der Waals surface area contributed by atoms with E-state index in [1.165, 1.54) is 13.2 Å². The maximum absolute atomic E-state index is 12.3. The number of fused-ring (bicyclic) bond motifs is 1. The van der Waals surface area contributed by atoms with Crippen LogP contribution in [0.4, 0.5) is 0 Å². The Labute approximate surface area is 142 Å². The lowest BCUT2D eigenvalue weighted by molar-refractivity contribution is -0.130. The summed E-state index contributed by atoms with van der Waals surface area (Å²) in [5.74, 6) is 0.356. The maximum atomic E-state index is 12.3. The smallest absolute Gasteiger partial charge is 0.161 e. The summed E-state index contributed by atoms with van der Waals surface area (Å²) in [5, 5.41) is 22.5. The number of carbonyl (C=O) groups excluding carboxylic acids is 1. The molecule has 2 aliphatic rings. The molecule has 0 radical (unpaired) electrons. The lowest BCUT2D eigenvalue weighted by Crippen LogP contribution is -2.67. The molecule has 1 aliphatic heterocycles. The number of hydrogen-bond donors (Lipinski definition) is 2. The predicted molar refractivity (Wildman–Crippen MR) is 91.5 cm³/mol. The number of rotatable bonds is 2. The number of likely N-dealkylation sites (tertiary alicyclic amines) is 1. The molecule has 3 unspecified atom stereocenters. The fourth-order valence-corrected chi connectivity index (χ4v) is 4.46. The van der Waals surface area contributed by atoms with Gasteiger partial charge in [-0.2, -0.15) is 0 Å². The van der Waals surface area contributed by atoms with E-state index >= 15 is 0 Å². The largest absolute Gasteiger partial charge is 0.504 e. The summed E-state index contributed by atoms with van der Waals surface area (Å²) in [4.78, 5) is 14.4. The molecular formula is C19H25NO4. The van der Waals surface area contributed by atoms with Crippen molar-refractivity contribution < 1.29 is 19.7 Å². The van der Waals surface area contributed by atoms with Crippen LogP contribution < -0.4 is 4.74 Å². The summed E-state index contributed by atoms with van der Waals surface area (Å²) in [6.07, 6.45) is 3.86. The number of phenolic OH excluding ortho intramolecular Hbond substituents is 1. The minimum atomic E-state index is -1.23. The predicted octanol–water partition coefficient (Wildman–Crippen LogP) is 1.93. The van der Waals surface area contributed by atoms with Crippen molar-refractivity contribution in [3.8, 4) is 11.5 Å². The number of aromatic hydroxyl groups is 1. The molecular weight excluding hydrogens is 306 g/mol. The highest BCUT2D eigenvalue weighted by atomic mass is 16.5. The van der Waals surface area contributed by atoms with Gasteiger partial charge < -0.3 is 19.8 Å². The summed E-state index contributed by atoms with van der Waals surface area (Å²) in [6, 6.07) is 3.40. The Morgan fingerprint density at radius 1 is 1.38 bits per heavy atom. The number of methoxy groups -OCH3 is 1. The number of nitrogens with zero attached hydrogens (tertiary/aromatic N) is 1. The van der Waals surface area contributed by atoms with Gasteiger partial charge in [0.2, 0.25) is 0 Å². The highest BCUT2D eigenvalue weighted by molar-refractivity contribution is 5.93. The van der Waals surface area contributed by atoms with E-state index in [-0.39, 0.29) is 24.0 Å². The number of hydrogen-bond acceptors (Lipinski definition) is 5. The second-order valence-corrected chi connectivity index (χ2v) is 7.10. The molecule has 2 N–H and O–H groups in total. The number of carbonyl (C=O) groups is 1. The summed E-state index contributed by atoms with van der Waals surface area (Å²) >= 11 is 0. The second-order valence-electron chi connectivity index (χ2n) is 7.10. The number of ether oxygens (including phenoxy) is 1. The first-order valence-electron chi connectivity index (χ1n) is 8.28. The van der Waals surface area contributed by atoms with Crippen molar-refractivity contribution >= 4 is 5.78 Å². The molecule has 1 aromatic rings. The fraction of sp³-hybridized carbons (Fsp3) is 0.526. The van der Waals surface area contributed by atoms with Crippen LogP contribution in [-0.4, -0.2) is 53.2 Å². The number of likely N-dealkylation sites (N-methyl/N-ethyl adjacent to an activating group) is 1. The molecule has 1 saturated heterocycles. The van der Waals surface area contributed by atoms with Crippen molar-refractivity contribution in [2.24, 2.45) is 0 Å². The van der Waals surface area contributed by atoms with Crippen molar-refractivity contribution in [1.82, 2.24) is 4.90 Å². The summed E-state index contributed by atoms with van der Waals surface area (Å²) < 4.78 is 5.27. The van der Waals surface area contributed by atoms with E-state index < -0.39 is 11.0 Å². The van der Waals surface area contributed by atoms with Gasteiger partial charge in [0, 0.05) is 23.4 Å². The van der Waals surface area contributed by atoms with Gasteiger partial charge in [-0.25, -0.2) is 0 Å². The zero-order valence-corrected chi connectivity index (χ0v) is 14.7. The van der Waals surface area contributed by atoms with E-state index in [2.05, 4.69) is 4.90 Å². The van der Waals surface area contributed by atoms with Crippen LogP contribution in [0.25, 0.3) is 0 Å². The highest BCUT2D eigenvalue weighted by Gasteiger charge is 2.60. The highest BCUT2D eigenvalue weighted by Crippen LogP contribution is 2.55. The van der Waals surface area contributed by atoms with Crippen LogP contribution >= 0.6 is 0 Å². The topological polar surface area (TPSA) is 70.0 Å². The molecule has 5 heteroatoms. The van der Waals surface area contributed by atoms with Crippen LogP contribution in [0.3, 0.4) is 0 Å². The van der Waals surface area contributed by atoms with Gasteiger partial charge in [0.25, 0.3) is 0 Å². The van der Waals surface area contributed by atoms with Crippen LogP contribution in [0, 0.1) is 6.92 Å². The molecule has 0 amide bonds. The molecule has 5 nitrogen and oxygen atoms in total. The Hall–Kier alpha value is -1.85. The van der Waals surface area contributed by atoms with Crippen LogP contribution in [0.15, 0.2) is 24.3 Å². The maximum Gasteiger partial charge on any atom is 0.161 e. The average Bonchev–Trinajstić information content (AvgIpc) is 2.54. The quantitative estimate of drug-likeness (QED) is 0.867. The number of ketones is 1. The molecule has 130 valence electrons. The van der Waals surface area contributed by atoms with Gasteiger partial charge in [-0.3, -0.25) is 4.79 Å². The third-order valence-electron chi connectivity index (χ3n) is 6.00. The monoisotopic (exact) mass is 331 g/mol. The number of allylic oxidation sites excluding steroid dienone is 1. The van der Waals surface area contributed by atoms with Crippen molar-refractivity contribution in [2.75, 3.05) is 20.7 Å². The molecule has 3 rings (SSSR count). The van der Waals surface area contributed by atoms with E-state index in [4.69, 9.17) is 4.74 Å². The third kappa shape index (κ3) is 2.11. The molecule has 1 aliphatic carbocycles. The third-order valence-corrected chi connectivity index (χ3v) is 6.00. The minimum absolute atomic E-state index is 0.0239. The lowest BCUT2D eigenvalue weighted by Gasteiger charge is -2.57. The Balaban J connectivity index is 2.31. The molecule has 1 aromatic carbocycles.